The number of nitrogens with one attached hydrogen (secondary N) is 1. The summed E-state index contributed by atoms with van der Waals surface area (Å²) < 4.78 is 7.26. The molecular weight excluding hydrogens is 354 g/mol. The van der Waals surface area contributed by atoms with Gasteiger partial charge in [-0.1, -0.05) is 25.1 Å². The predicted molar refractivity (Wildman–Crippen MR) is 112 cm³/mol. The molecule has 1 fully saturated rings. The van der Waals surface area contributed by atoms with E-state index in [0.29, 0.717) is 13.2 Å². The number of rotatable bonds is 8. The monoisotopic (exact) mass is 385 g/mol. The molecule has 0 unspecified atom stereocenters. The lowest BCUT2D eigenvalue weighted by molar-refractivity contribution is 0.207. The van der Waals surface area contributed by atoms with E-state index in [1.165, 1.54) is 5.69 Å². The lowest BCUT2D eigenvalue weighted by atomic mass is 10.2. The minimum atomic E-state index is 0.626. The Kier molecular flexibility index (Phi) is 7.66. The highest BCUT2D eigenvalue weighted by atomic mass is 16.5. The molecular formula is C20H31N7O. The highest BCUT2D eigenvalue weighted by Gasteiger charge is 2.20. The normalized spacial score (nSPS) is 15.1. The van der Waals surface area contributed by atoms with E-state index in [-0.39, 0.29) is 0 Å². The maximum atomic E-state index is 5.17. The van der Waals surface area contributed by atoms with Crippen molar-refractivity contribution in [2.75, 3.05) is 57.9 Å². The molecule has 0 atom stereocenters. The molecule has 8 nitrogen and oxygen atoms in total. The average molecular weight is 386 g/mol. The van der Waals surface area contributed by atoms with Crippen LogP contribution >= 0.6 is 0 Å². The molecule has 0 saturated carbocycles. The third kappa shape index (κ3) is 5.45. The molecule has 1 aliphatic heterocycles. The quantitative estimate of drug-likeness (QED) is 0.419. The van der Waals surface area contributed by atoms with E-state index >= 15 is 0 Å². The second-order valence-corrected chi connectivity index (χ2v) is 6.73. The fourth-order valence-corrected chi connectivity index (χ4v) is 3.35. The van der Waals surface area contributed by atoms with Crippen LogP contribution in [0.3, 0.4) is 0 Å². The number of aromatic nitrogens is 3. The fraction of sp³-hybridized carbons (Fsp3) is 0.550. The summed E-state index contributed by atoms with van der Waals surface area (Å²) in [5.41, 5.74) is 1.28. The maximum Gasteiger partial charge on any atom is 0.194 e. The van der Waals surface area contributed by atoms with E-state index in [0.717, 1.165) is 57.5 Å². The number of hydrogen-bond donors (Lipinski definition) is 1. The molecule has 152 valence electrons. The van der Waals surface area contributed by atoms with Crippen molar-refractivity contribution in [2.24, 2.45) is 4.99 Å². The van der Waals surface area contributed by atoms with E-state index in [9.17, 15) is 0 Å². The summed E-state index contributed by atoms with van der Waals surface area (Å²) in [4.78, 5) is 9.50. The first-order valence-corrected chi connectivity index (χ1v) is 10.0. The standard InChI is InChI=1S/C20H31N7O/c1-3-19-24-23-17-27(19)11-9-21-20(22-10-16-28-2)26-14-12-25(13-15-26)18-7-5-4-6-8-18/h4-8,17H,3,9-16H2,1-2H3,(H,21,22). The molecule has 2 heterocycles. The van der Waals surface area contributed by atoms with Crippen LogP contribution in [0, 0.1) is 0 Å². The van der Waals surface area contributed by atoms with Crippen molar-refractivity contribution >= 4 is 11.6 Å². The summed E-state index contributed by atoms with van der Waals surface area (Å²) in [7, 11) is 1.71. The highest BCUT2D eigenvalue weighted by Crippen LogP contribution is 2.15. The molecule has 0 bridgehead atoms. The van der Waals surface area contributed by atoms with Crippen LogP contribution in [0.2, 0.25) is 0 Å². The number of nitrogens with zero attached hydrogens (tertiary/aromatic N) is 6. The fourth-order valence-electron chi connectivity index (χ4n) is 3.35. The Morgan fingerprint density at radius 1 is 1.18 bits per heavy atom. The summed E-state index contributed by atoms with van der Waals surface area (Å²) in [5.74, 6) is 1.96. The number of ether oxygens (including phenoxy) is 1. The van der Waals surface area contributed by atoms with Crippen molar-refractivity contribution in [3.63, 3.8) is 0 Å². The summed E-state index contributed by atoms with van der Waals surface area (Å²) in [6, 6.07) is 10.6. The molecule has 0 aliphatic carbocycles. The zero-order valence-corrected chi connectivity index (χ0v) is 16.9. The number of guanidine groups is 1. The van der Waals surface area contributed by atoms with Crippen molar-refractivity contribution in [1.82, 2.24) is 25.0 Å². The van der Waals surface area contributed by atoms with Crippen molar-refractivity contribution in [2.45, 2.75) is 19.9 Å². The molecule has 0 spiro atoms. The first kappa shape index (κ1) is 20.1. The maximum absolute atomic E-state index is 5.17. The van der Waals surface area contributed by atoms with Gasteiger partial charge in [0.25, 0.3) is 0 Å². The van der Waals surface area contributed by atoms with Crippen molar-refractivity contribution in [3.05, 3.63) is 42.5 Å². The number of benzene rings is 1. The van der Waals surface area contributed by atoms with Crippen LogP contribution in [0.5, 0.6) is 0 Å². The zero-order chi connectivity index (χ0) is 19.6. The first-order chi connectivity index (χ1) is 13.8. The van der Waals surface area contributed by atoms with Gasteiger partial charge in [-0.15, -0.1) is 10.2 Å². The zero-order valence-electron chi connectivity index (χ0n) is 16.9. The molecule has 0 radical (unpaired) electrons. The Labute approximate surface area is 167 Å². The van der Waals surface area contributed by atoms with E-state index in [1.54, 1.807) is 13.4 Å². The Morgan fingerprint density at radius 2 is 1.96 bits per heavy atom. The van der Waals surface area contributed by atoms with Gasteiger partial charge in [-0.3, -0.25) is 4.99 Å². The van der Waals surface area contributed by atoms with Gasteiger partial charge in [-0.2, -0.15) is 0 Å². The summed E-state index contributed by atoms with van der Waals surface area (Å²) in [5, 5.41) is 11.7. The molecule has 3 rings (SSSR count). The van der Waals surface area contributed by atoms with Crippen LogP contribution in [-0.2, 0) is 17.7 Å². The van der Waals surface area contributed by atoms with Crippen molar-refractivity contribution < 1.29 is 4.74 Å². The van der Waals surface area contributed by atoms with E-state index in [4.69, 9.17) is 9.73 Å². The molecule has 1 aromatic carbocycles. The summed E-state index contributed by atoms with van der Waals surface area (Å²) >= 11 is 0. The second kappa shape index (κ2) is 10.7. The van der Waals surface area contributed by atoms with Gasteiger partial charge in [0, 0.05) is 58.5 Å². The molecule has 8 heteroatoms. The largest absolute Gasteiger partial charge is 0.383 e. The predicted octanol–water partition coefficient (Wildman–Crippen LogP) is 1.25. The van der Waals surface area contributed by atoms with E-state index in [1.807, 2.05) is 0 Å². The van der Waals surface area contributed by atoms with Crippen LogP contribution in [0.1, 0.15) is 12.7 Å². The van der Waals surface area contributed by atoms with Gasteiger partial charge in [0.05, 0.1) is 13.2 Å². The number of piperazine rings is 1. The van der Waals surface area contributed by atoms with Gasteiger partial charge < -0.3 is 24.4 Å². The second-order valence-electron chi connectivity index (χ2n) is 6.73. The summed E-state index contributed by atoms with van der Waals surface area (Å²) in [6.07, 6.45) is 2.68. The Hall–Kier alpha value is -2.61. The number of methoxy groups -OCH3 is 1. The van der Waals surface area contributed by atoms with Crippen molar-refractivity contribution in [1.29, 1.82) is 0 Å². The van der Waals surface area contributed by atoms with Gasteiger partial charge in [0.2, 0.25) is 0 Å². The smallest absolute Gasteiger partial charge is 0.194 e. The van der Waals surface area contributed by atoms with Crippen LogP contribution in [-0.4, -0.2) is 78.6 Å². The SMILES string of the molecule is CCc1nncn1CCNC(=NCCOC)N1CCN(c2ccccc2)CC1. The number of anilines is 1. The molecule has 1 N–H and O–H groups in total. The van der Waals surface area contributed by atoms with Gasteiger partial charge in [-0.25, -0.2) is 0 Å². The van der Waals surface area contributed by atoms with Gasteiger partial charge >= 0.3 is 0 Å². The highest BCUT2D eigenvalue weighted by molar-refractivity contribution is 5.80. The molecule has 28 heavy (non-hydrogen) atoms. The molecule has 0 amide bonds. The van der Waals surface area contributed by atoms with Crippen LogP contribution in [0.15, 0.2) is 41.7 Å². The third-order valence-electron chi connectivity index (χ3n) is 4.91. The van der Waals surface area contributed by atoms with E-state index < -0.39 is 0 Å². The average Bonchev–Trinajstić information content (AvgIpc) is 3.21. The lowest BCUT2D eigenvalue weighted by Crippen LogP contribution is -2.53. The van der Waals surface area contributed by atoms with E-state index in [2.05, 4.69) is 67.1 Å². The van der Waals surface area contributed by atoms with Crippen LogP contribution < -0.4 is 10.2 Å². The summed E-state index contributed by atoms with van der Waals surface area (Å²) in [6.45, 7) is 8.85. The molecule has 2 aromatic rings. The molecule has 1 aliphatic rings. The Morgan fingerprint density at radius 3 is 2.68 bits per heavy atom. The number of aliphatic imine (C=N–C) groups is 1. The number of aryl methyl sites for hydroxylation is 1. The topological polar surface area (TPSA) is 70.8 Å². The van der Waals surface area contributed by atoms with Gasteiger partial charge in [0.15, 0.2) is 5.96 Å². The minimum Gasteiger partial charge on any atom is -0.383 e. The number of hydrogen-bond acceptors (Lipinski definition) is 5. The molecule has 1 saturated heterocycles. The van der Waals surface area contributed by atoms with Gasteiger partial charge in [-0.05, 0) is 12.1 Å². The van der Waals surface area contributed by atoms with Gasteiger partial charge in [0.1, 0.15) is 12.2 Å². The molecule has 1 aromatic heterocycles. The Balaban J connectivity index is 1.55. The third-order valence-corrected chi connectivity index (χ3v) is 4.91. The first-order valence-electron chi connectivity index (χ1n) is 10.0. The number of para-hydroxylation sites is 1. The van der Waals surface area contributed by atoms with Crippen LogP contribution in [0.25, 0.3) is 0 Å². The van der Waals surface area contributed by atoms with Crippen LogP contribution in [0.4, 0.5) is 5.69 Å². The minimum absolute atomic E-state index is 0.626. The van der Waals surface area contributed by atoms with Crippen molar-refractivity contribution in [3.8, 4) is 0 Å². The Bertz CT molecular complexity index is 723. The lowest BCUT2D eigenvalue weighted by Gasteiger charge is -2.37.